The van der Waals surface area contributed by atoms with E-state index >= 15 is 0 Å². The molecule has 29 heavy (non-hydrogen) atoms. The third-order valence-corrected chi connectivity index (χ3v) is 4.57. The molecule has 1 aliphatic heterocycles. The molecule has 1 aromatic rings. The van der Waals surface area contributed by atoms with E-state index in [1.165, 1.54) is 0 Å². The minimum atomic E-state index is -0.716. The lowest BCUT2D eigenvalue weighted by atomic mass is 9.83. The van der Waals surface area contributed by atoms with Gasteiger partial charge < -0.3 is 24.7 Å². The molecule has 1 heterocycles. The lowest BCUT2D eigenvalue weighted by molar-refractivity contribution is -0.139. The van der Waals surface area contributed by atoms with Gasteiger partial charge in [0.25, 0.3) is 0 Å². The van der Waals surface area contributed by atoms with Gasteiger partial charge in [0.2, 0.25) is 5.88 Å². The molecule has 1 aromatic carbocycles. The molecule has 7 nitrogen and oxygen atoms in total. The van der Waals surface area contributed by atoms with Gasteiger partial charge in [-0.15, -0.1) is 0 Å². The molecule has 0 fully saturated rings. The van der Waals surface area contributed by atoms with Crippen molar-refractivity contribution in [1.82, 2.24) is 0 Å². The first-order valence-corrected chi connectivity index (χ1v) is 9.60. The van der Waals surface area contributed by atoms with Crippen LogP contribution < -0.4 is 15.2 Å². The van der Waals surface area contributed by atoms with Crippen molar-refractivity contribution >= 4 is 5.97 Å². The fourth-order valence-electron chi connectivity index (χ4n) is 3.08. The minimum absolute atomic E-state index is 0.0284. The third kappa shape index (κ3) is 5.02. The SMILES string of the molecule is CCOC(=O)C1=C(C)OC(N)=C(C#N)C1c1ccc(OCCC(C)C)c(OC)c1. The van der Waals surface area contributed by atoms with Crippen LogP contribution in [0.4, 0.5) is 0 Å². The number of hydrogen-bond donors (Lipinski definition) is 1. The lowest BCUT2D eigenvalue weighted by Crippen LogP contribution is -2.25. The van der Waals surface area contributed by atoms with Crippen LogP contribution in [-0.4, -0.2) is 26.3 Å². The number of hydrogen-bond acceptors (Lipinski definition) is 7. The number of ether oxygens (including phenoxy) is 4. The Balaban J connectivity index is 2.48. The highest BCUT2D eigenvalue weighted by atomic mass is 16.5. The molecular formula is C22H28N2O5. The Morgan fingerprint density at radius 2 is 2.07 bits per heavy atom. The molecule has 1 atom stereocenters. The van der Waals surface area contributed by atoms with Gasteiger partial charge in [0.1, 0.15) is 17.4 Å². The van der Waals surface area contributed by atoms with Crippen LogP contribution in [0.5, 0.6) is 11.5 Å². The molecule has 2 rings (SSSR count). The van der Waals surface area contributed by atoms with Crippen molar-refractivity contribution in [2.45, 2.75) is 40.0 Å². The van der Waals surface area contributed by atoms with E-state index in [0.29, 0.717) is 35.3 Å². The number of methoxy groups -OCH3 is 1. The predicted octanol–water partition coefficient (Wildman–Crippen LogP) is 3.76. The zero-order valence-electron chi connectivity index (χ0n) is 17.6. The van der Waals surface area contributed by atoms with Gasteiger partial charge in [-0.05, 0) is 43.9 Å². The fourth-order valence-corrected chi connectivity index (χ4v) is 3.08. The normalized spacial score (nSPS) is 16.4. The van der Waals surface area contributed by atoms with Gasteiger partial charge in [-0.3, -0.25) is 0 Å². The van der Waals surface area contributed by atoms with Crippen LogP contribution in [0.2, 0.25) is 0 Å². The van der Waals surface area contributed by atoms with Crippen LogP contribution in [0.3, 0.4) is 0 Å². The number of nitrogens with two attached hydrogens (primary N) is 1. The standard InChI is InChI=1S/C22H28N2O5/c1-6-27-22(25)19-14(4)29-21(24)16(12-23)20(19)15-7-8-17(18(11-15)26-5)28-10-9-13(2)3/h7-8,11,13,20H,6,9-10,24H2,1-5H3. The van der Waals surface area contributed by atoms with Gasteiger partial charge in [0, 0.05) is 0 Å². The number of carbonyl (C=O) groups is 1. The summed E-state index contributed by atoms with van der Waals surface area (Å²) in [6, 6.07) is 7.38. The van der Waals surface area contributed by atoms with Crippen molar-refractivity contribution < 1.29 is 23.7 Å². The zero-order valence-corrected chi connectivity index (χ0v) is 17.6. The van der Waals surface area contributed by atoms with Crippen molar-refractivity contribution in [2.75, 3.05) is 20.3 Å². The van der Waals surface area contributed by atoms with Crippen LogP contribution in [0.1, 0.15) is 45.6 Å². The number of nitrogens with zero attached hydrogens (tertiary/aromatic N) is 1. The van der Waals surface area contributed by atoms with E-state index in [1.807, 2.05) is 0 Å². The van der Waals surface area contributed by atoms with Gasteiger partial charge >= 0.3 is 5.97 Å². The summed E-state index contributed by atoms with van der Waals surface area (Å²) < 4.78 is 21.9. The summed E-state index contributed by atoms with van der Waals surface area (Å²) in [7, 11) is 1.54. The maximum atomic E-state index is 12.6. The maximum absolute atomic E-state index is 12.6. The van der Waals surface area contributed by atoms with Gasteiger partial charge in [-0.1, -0.05) is 19.9 Å². The molecule has 0 bridgehead atoms. The summed E-state index contributed by atoms with van der Waals surface area (Å²) in [6.45, 7) is 8.36. The first-order valence-electron chi connectivity index (χ1n) is 9.60. The second kappa shape index (κ2) is 9.87. The molecule has 2 N–H and O–H groups in total. The summed E-state index contributed by atoms with van der Waals surface area (Å²) in [5, 5.41) is 9.66. The highest BCUT2D eigenvalue weighted by molar-refractivity contribution is 5.92. The summed E-state index contributed by atoms with van der Waals surface area (Å²) in [4.78, 5) is 12.6. The Kier molecular flexibility index (Phi) is 7.54. The molecule has 0 aliphatic carbocycles. The van der Waals surface area contributed by atoms with Crippen molar-refractivity contribution in [2.24, 2.45) is 11.7 Å². The van der Waals surface area contributed by atoms with E-state index in [2.05, 4.69) is 19.9 Å². The third-order valence-electron chi connectivity index (χ3n) is 4.57. The molecule has 0 spiro atoms. The maximum Gasteiger partial charge on any atom is 0.338 e. The van der Waals surface area contributed by atoms with E-state index in [1.54, 1.807) is 39.2 Å². The number of allylic oxidation sites excluding steroid dienone is 2. The number of benzene rings is 1. The zero-order chi connectivity index (χ0) is 21.6. The van der Waals surface area contributed by atoms with Gasteiger partial charge in [-0.25, -0.2) is 4.79 Å². The van der Waals surface area contributed by atoms with E-state index in [0.717, 1.165) is 6.42 Å². The van der Waals surface area contributed by atoms with Crippen LogP contribution in [-0.2, 0) is 14.3 Å². The monoisotopic (exact) mass is 400 g/mol. The molecule has 7 heteroatoms. The molecule has 0 aromatic heterocycles. The van der Waals surface area contributed by atoms with Crippen molar-refractivity contribution in [3.05, 3.63) is 46.6 Å². The summed E-state index contributed by atoms with van der Waals surface area (Å²) in [5.41, 5.74) is 6.98. The largest absolute Gasteiger partial charge is 0.493 e. The van der Waals surface area contributed by atoms with E-state index in [4.69, 9.17) is 24.7 Å². The highest BCUT2D eigenvalue weighted by Gasteiger charge is 2.36. The Bertz CT molecular complexity index is 864. The molecule has 1 unspecified atom stereocenters. The number of esters is 1. The number of rotatable bonds is 8. The van der Waals surface area contributed by atoms with Gasteiger partial charge in [0.05, 0.1) is 31.8 Å². The second-order valence-corrected chi connectivity index (χ2v) is 7.06. The fraction of sp³-hybridized carbons (Fsp3) is 0.455. The first kappa shape index (κ1) is 22.2. The second-order valence-electron chi connectivity index (χ2n) is 7.06. The number of carbonyl (C=O) groups excluding carboxylic acids is 1. The molecule has 0 radical (unpaired) electrons. The van der Waals surface area contributed by atoms with Crippen molar-refractivity contribution in [3.8, 4) is 17.6 Å². The minimum Gasteiger partial charge on any atom is -0.493 e. The smallest absolute Gasteiger partial charge is 0.338 e. The molecule has 156 valence electrons. The average molecular weight is 400 g/mol. The Morgan fingerprint density at radius 1 is 1.34 bits per heavy atom. The Labute approximate surface area is 171 Å². The van der Waals surface area contributed by atoms with Crippen LogP contribution in [0, 0.1) is 17.2 Å². The van der Waals surface area contributed by atoms with Crippen molar-refractivity contribution in [3.63, 3.8) is 0 Å². The van der Waals surface area contributed by atoms with Crippen molar-refractivity contribution in [1.29, 1.82) is 5.26 Å². The molecule has 0 saturated heterocycles. The molecule has 0 saturated carbocycles. The van der Waals surface area contributed by atoms with Crippen LogP contribution in [0.15, 0.2) is 41.0 Å². The van der Waals surface area contributed by atoms with E-state index < -0.39 is 11.9 Å². The number of nitriles is 1. The first-order chi connectivity index (χ1) is 13.8. The van der Waals surface area contributed by atoms with Gasteiger partial charge in [-0.2, -0.15) is 5.26 Å². The summed E-state index contributed by atoms with van der Waals surface area (Å²) >= 11 is 0. The molecule has 0 amide bonds. The van der Waals surface area contributed by atoms with Crippen LogP contribution >= 0.6 is 0 Å². The topological polar surface area (TPSA) is 104 Å². The predicted molar refractivity (Wildman–Crippen MR) is 108 cm³/mol. The molecular weight excluding hydrogens is 372 g/mol. The van der Waals surface area contributed by atoms with Crippen LogP contribution in [0.25, 0.3) is 0 Å². The average Bonchev–Trinajstić information content (AvgIpc) is 2.67. The lowest BCUT2D eigenvalue weighted by Gasteiger charge is -2.27. The van der Waals surface area contributed by atoms with Gasteiger partial charge in [0.15, 0.2) is 11.5 Å². The Morgan fingerprint density at radius 3 is 2.66 bits per heavy atom. The quantitative estimate of drug-likeness (QED) is 0.663. The summed E-state index contributed by atoms with van der Waals surface area (Å²) in [5.74, 6) is 0.639. The Hall–Kier alpha value is -3.14. The van der Waals surface area contributed by atoms with E-state index in [-0.39, 0.29) is 23.6 Å². The molecule has 1 aliphatic rings. The highest BCUT2D eigenvalue weighted by Crippen LogP contribution is 2.42. The van der Waals surface area contributed by atoms with E-state index in [9.17, 15) is 10.1 Å². The summed E-state index contributed by atoms with van der Waals surface area (Å²) in [6.07, 6.45) is 0.914.